The second kappa shape index (κ2) is 8.71. The summed E-state index contributed by atoms with van der Waals surface area (Å²) >= 11 is 1.67. The summed E-state index contributed by atoms with van der Waals surface area (Å²) < 4.78 is 0. The van der Waals surface area contributed by atoms with E-state index in [0.29, 0.717) is 11.9 Å². The highest BCUT2D eigenvalue weighted by Crippen LogP contribution is 2.20. The number of hydrogen-bond acceptors (Lipinski definition) is 4. The van der Waals surface area contributed by atoms with Crippen LogP contribution < -0.4 is 5.32 Å². The van der Waals surface area contributed by atoms with Crippen molar-refractivity contribution >= 4 is 29.7 Å². The lowest BCUT2D eigenvalue weighted by Crippen LogP contribution is -2.47. The smallest absolute Gasteiger partial charge is 0.226 e. The topological polar surface area (TPSA) is 45.2 Å². The SMILES string of the molecule is CC(C)N(CCc1nccs1)C(=O)[C@H]1CCN[C@@H](C)C1.Cl. The maximum Gasteiger partial charge on any atom is 0.226 e. The van der Waals surface area contributed by atoms with Gasteiger partial charge in [0.25, 0.3) is 0 Å². The molecule has 0 bridgehead atoms. The molecule has 0 aliphatic carbocycles. The van der Waals surface area contributed by atoms with Crippen molar-refractivity contribution in [1.82, 2.24) is 15.2 Å². The normalized spacial score (nSPS) is 21.9. The zero-order chi connectivity index (χ0) is 14.5. The number of aromatic nitrogens is 1. The molecule has 0 radical (unpaired) electrons. The van der Waals surface area contributed by atoms with E-state index in [2.05, 4.69) is 31.1 Å². The molecule has 1 saturated heterocycles. The Labute approximate surface area is 137 Å². The van der Waals surface area contributed by atoms with Crippen LogP contribution in [0, 0.1) is 5.92 Å². The summed E-state index contributed by atoms with van der Waals surface area (Å²) in [6, 6.07) is 0.707. The molecule has 1 aliphatic heterocycles. The third-order valence-electron chi connectivity index (χ3n) is 3.93. The highest BCUT2D eigenvalue weighted by molar-refractivity contribution is 7.09. The van der Waals surface area contributed by atoms with E-state index in [1.807, 2.05) is 16.5 Å². The number of piperidine rings is 1. The molecule has 1 amide bonds. The highest BCUT2D eigenvalue weighted by atomic mass is 35.5. The first kappa shape index (κ1) is 18.4. The van der Waals surface area contributed by atoms with Crippen LogP contribution in [0.25, 0.3) is 0 Å². The summed E-state index contributed by atoms with van der Waals surface area (Å²) in [4.78, 5) is 19.1. The van der Waals surface area contributed by atoms with Crippen LogP contribution in [0.4, 0.5) is 0 Å². The van der Waals surface area contributed by atoms with Crippen LogP contribution in [-0.4, -0.2) is 41.0 Å². The van der Waals surface area contributed by atoms with E-state index in [9.17, 15) is 4.79 Å². The third-order valence-corrected chi connectivity index (χ3v) is 4.77. The van der Waals surface area contributed by atoms with E-state index >= 15 is 0 Å². The van der Waals surface area contributed by atoms with Crippen LogP contribution in [0.5, 0.6) is 0 Å². The summed E-state index contributed by atoms with van der Waals surface area (Å²) in [5.41, 5.74) is 0. The number of hydrogen-bond donors (Lipinski definition) is 1. The zero-order valence-corrected chi connectivity index (χ0v) is 14.7. The standard InChI is InChI=1S/C15H25N3OS.ClH/c1-11(2)18(8-5-14-17-7-9-20-14)15(19)13-4-6-16-12(3)10-13;/h7,9,11-13,16H,4-6,8,10H2,1-3H3;1H/t12-,13-;/m0./s1. The Balaban J connectivity index is 0.00000220. The molecule has 1 aliphatic rings. The van der Waals surface area contributed by atoms with Gasteiger partial charge < -0.3 is 10.2 Å². The Morgan fingerprint density at radius 2 is 2.33 bits per heavy atom. The molecule has 1 N–H and O–H groups in total. The Morgan fingerprint density at radius 3 is 2.90 bits per heavy atom. The lowest BCUT2D eigenvalue weighted by atomic mass is 9.91. The number of nitrogens with one attached hydrogen (secondary N) is 1. The molecule has 4 nitrogen and oxygen atoms in total. The number of rotatable bonds is 5. The average Bonchev–Trinajstić information content (AvgIpc) is 2.91. The monoisotopic (exact) mass is 331 g/mol. The summed E-state index contributed by atoms with van der Waals surface area (Å²) in [6.45, 7) is 8.10. The summed E-state index contributed by atoms with van der Waals surface area (Å²) in [6.07, 6.45) is 4.61. The number of halogens is 1. The Bertz CT molecular complexity index is 425. The largest absolute Gasteiger partial charge is 0.340 e. The second-order valence-electron chi connectivity index (χ2n) is 5.88. The van der Waals surface area contributed by atoms with Crippen molar-refractivity contribution in [2.45, 2.75) is 52.1 Å². The van der Waals surface area contributed by atoms with Crippen molar-refractivity contribution < 1.29 is 4.79 Å². The van der Waals surface area contributed by atoms with Crippen LogP contribution in [0.3, 0.4) is 0 Å². The fourth-order valence-corrected chi connectivity index (χ4v) is 3.42. The number of nitrogens with zero attached hydrogens (tertiary/aromatic N) is 2. The van der Waals surface area contributed by atoms with Crippen molar-refractivity contribution in [1.29, 1.82) is 0 Å². The van der Waals surface area contributed by atoms with Gasteiger partial charge in [0.15, 0.2) is 0 Å². The van der Waals surface area contributed by atoms with E-state index < -0.39 is 0 Å². The van der Waals surface area contributed by atoms with Gasteiger partial charge in [-0.2, -0.15) is 0 Å². The van der Waals surface area contributed by atoms with Crippen molar-refractivity contribution in [2.75, 3.05) is 13.1 Å². The summed E-state index contributed by atoms with van der Waals surface area (Å²) in [5, 5.41) is 6.51. The summed E-state index contributed by atoms with van der Waals surface area (Å²) in [5.74, 6) is 0.509. The molecular formula is C15H26ClN3OS. The third kappa shape index (κ3) is 5.24. The van der Waals surface area contributed by atoms with Gasteiger partial charge in [0, 0.05) is 42.5 Å². The van der Waals surface area contributed by atoms with Crippen LogP contribution in [0.15, 0.2) is 11.6 Å². The molecule has 0 aromatic carbocycles. The molecule has 2 atom stereocenters. The number of carbonyl (C=O) groups is 1. The van der Waals surface area contributed by atoms with Crippen molar-refractivity contribution in [3.05, 3.63) is 16.6 Å². The first-order valence-electron chi connectivity index (χ1n) is 7.50. The van der Waals surface area contributed by atoms with E-state index in [4.69, 9.17) is 0 Å². The van der Waals surface area contributed by atoms with E-state index in [-0.39, 0.29) is 24.4 Å². The van der Waals surface area contributed by atoms with Gasteiger partial charge in [-0.25, -0.2) is 4.98 Å². The highest BCUT2D eigenvalue weighted by Gasteiger charge is 2.29. The van der Waals surface area contributed by atoms with E-state index in [0.717, 1.165) is 37.4 Å². The van der Waals surface area contributed by atoms with Gasteiger partial charge in [0.05, 0.1) is 5.01 Å². The first-order chi connectivity index (χ1) is 9.58. The maximum atomic E-state index is 12.7. The predicted octanol–water partition coefficient (Wildman–Crippen LogP) is 2.73. The quantitative estimate of drug-likeness (QED) is 0.902. The minimum Gasteiger partial charge on any atom is -0.340 e. The van der Waals surface area contributed by atoms with Crippen molar-refractivity contribution in [3.63, 3.8) is 0 Å². The fourth-order valence-electron chi connectivity index (χ4n) is 2.81. The number of carbonyl (C=O) groups excluding carboxylic acids is 1. The van der Waals surface area contributed by atoms with Crippen LogP contribution in [0.1, 0.15) is 38.6 Å². The van der Waals surface area contributed by atoms with Crippen LogP contribution >= 0.6 is 23.7 Å². The van der Waals surface area contributed by atoms with Crippen molar-refractivity contribution in [3.8, 4) is 0 Å². The number of thiazole rings is 1. The van der Waals surface area contributed by atoms with Gasteiger partial charge in [0.2, 0.25) is 5.91 Å². The molecule has 2 rings (SSSR count). The Hall–Kier alpha value is -0.650. The molecule has 0 unspecified atom stereocenters. The molecule has 21 heavy (non-hydrogen) atoms. The molecule has 6 heteroatoms. The molecule has 0 saturated carbocycles. The minimum absolute atomic E-state index is 0. The minimum atomic E-state index is 0. The van der Waals surface area contributed by atoms with Gasteiger partial charge in [-0.1, -0.05) is 0 Å². The van der Waals surface area contributed by atoms with Gasteiger partial charge in [-0.15, -0.1) is 23.7 Å². The van der Waals surface area contributed by atoms with E-state index in [1.165, 1.54) is 0 Å². The van der Waals surface area contributed by atoms with Gasteiger partial charge >= 0.3 is 0 Å². The molecule has 2 heterocycles. The molecule has 120 valence electrons. The van der Waals surface area contributed by atoms with Gasteiger partial charge in [0.1, 0.15) is 0 Å². The van der Waals surface area contributed by atoms with Crippen LogP contribution in [0.2, 0.25) is 0 Å². The second-order valence-corrected chi connectivity index (χ2v) is 6.86. The molecule has 1 aromatic heterocycles. The molecule has 1 aromatic rings. The van der Waals surface area contributed by atoms with Crippen LogP contribution in [-0.2, 0) is 11.2 Å². The van der Waals surface area contributed by atoms with Gasteiger partial charge in [-0.3, -0.25) is 4.79 Å². The molecule has 1 fully saturated rings. The number of amides is 1. The maximum absolute atomic E-state index is 12.7. The summed E-state index contributed by atoms with van der Waals surface area (Å²) in [7, 11) is 0. The zero-order valence-electron chi connectivity index (χ0n) is 13.0. The Kier molecular flexibility index (Phi) is 7.63. The first-order valence-corrected chi connectivity index (χ1v) is 8.38. The predicted molar refractivity (Wildman–Crippen MR) is 90.1 cm³/mol. The Morgan fingerprint density at radius 1 is 1.57 bits per heavy atom. The van der Waals surface area contributed by atoms with E-state index in [1.54, 1.807) is 11.3 Å². The lowest BCUT2D eigenvalue weighted by Gasteiger charge is -2.34. The lowest BCUT2D eigenvalue weighted by molar-refractivity contribution is -0.138. The molecular weight excluding hydrogens is 306 g/mol. The average molecular weight is 332 g/mol. The van der Waals surface area contributed by atoms with Crippen molar-refractivity contribution in [2.24, 2.45) is 5.92 Å². The fraction of sp³-hybridized carbons (Fsp3) is 0.733. The molecule has 0 spiro atoms. The van der Waals surface area contributed by atoms with Gasteiger partial charge in [-0.05, 0) is 40.2 Å².